The number of nitrogens with one attached hydrogen (secondary N) is 1. The number of nitrogen functional groups attached to an aromatic ring is 2. The second-order valence-electron chi connectivity index (χ2n) is 9.91. The number of aliphatic hydroxyl groups is 3. The minimum absolute atomic E-state index is 0.156. The van der Waals surface area contributed by atoms with Crippen LogP contribution in [-0.4, -0.2) is 109 Å². The Morgan fingerprint density at radius 3 is 2.60 bits per heavy atom. The predicted octanol–water partition coefficient (Wildman–Crippen LogP) is -2.23. The number of fused-ring (bicyclic) bond motifs is 2. The van der Waals surface area contributed by atoms with Gasteiger partial charge in [0.15, 0.2) is 29.9 Å². The number of phosphoric ester groups is 1. The summed E-state index contributed by atoms with van der Waals surface area (Å²) in [4.78, 5) is 50.2. The highest BCUT2D eigenvalue weighted by Crippen LogP contribution is 2.50. The number of aromatic amines is 1. The second kappa shape index (κ2) is 12.0. The third-order valence-corrected chi connectivity index (χ3v) is 8.41. The van der Waals surface area contributed by atoms with Crippen LogP contribution in [0.25, 0.3) is 22.2 Å². The van der Waals surface area contributed by atoms with Gasteiger partial charge in [-0.15, -0.1) is 0 Å². The topological polar surface area (TPSA) is 328 Å². The molecule has 4 aromatic rings. The van der Waals surface area contributed by atoms with Crippen LogP contribution in [0.4, 0.5) is 11.8 Å². The molecule has 0 aliphatic carbocycles. The zero-order chi connectivity index (χ0) is 32.2. The molecule has 0 radical (unpaired) electrons. The number of imidazole rings is 1. The van der Waals surface area contributed by atoms with Crippen molar-refractivity contribution in [2.24, 2.45) is 0 Å². The number of nitrogens with zero attached hydrogens (tertiary/aromatic N) is 6. The number of nitrogens with two attached hydrogens (primary N) is 2. The summed E-state index contributed by atoms with van der Waals surface area (Å²) >= 11 is 0. The number of aliphatic hydroxyl groups excluding tert-OH is 3. The maximum atomic E-state index is 13.1. The van der Waals surface area contributed by atoms with Crippen molar-refractivity contribution >= 4 is 49.8 Å². The number of aromatic nitrogens is 7. The van der Waals surface area contributed by atoms with Gasteiger partial charge in [-0.2, -0.15) is 9.88 Å². The summed E-state index contributed by atoms with van der Waals surface area (Å²) in [6, 6.07) is 1.58. The summed E-state index contributed by atoms with van der Waals surface area (Å²) in [5.41, 5.74) is 10.7. The Labute approximate surface area is 250 Å². The molecule has 242 valence electrons. The first kappa shape index (κ1) is 31.5. The van der Waals surface area contributed by atoms with Crippen LogP contribution in [0.2, 0.25) is 0 Å². The van der Waals surface area contributed by atoms with E-state index in [0.29, 0.717) is 11.0 Å². The number of phosphoric acid groups is 1. The minimum atomic E-state index is -5.15. The number of rotatable bonds is 10. The van der Waals surface area contributed by atoms with E-state index < -0.39 is 83.6 Å². The monoisotopic (exact) mass is 674 g/mol. The molecule has 24 heteroatoms. The van der Waals surface area contributed by atoms with Gasteiger partial charge < -0.3 is 50.5 Å². The van der Waals surface area contributed by atoms with Crippen molar-refractivity contribution in [2.45, 2.75) is 49.3 Å². The lowest BCUT2D eigenvalue weighted by Crippen LogP contribution is -2.36. The molecular weight excluding hydrogens is 648 g/mol. The first-order chi connectivity index (χ1) is 21.3. The maximum Gasteiger partial charge on any atom is 0.534 e. The van der Waals surface area contributed by atoms with Crippen LogP contribution in [0.3, 0.4) is 0 Å². The first-order valence-corrected chi connectivity index (χ1v) is 15.8. The number of hydrogen-bond acceptors (Lipinski definition) is 17. The number of H-pyrrole nitrogens is 1. The predicted molar refractivity (Wildman–Crippen MR) is 147 cm³/mol. The van der Waals surface area contributed by atoms with Gasteiger partial charge in [-0.25, -0.2) is 19.5 Å². The van der Waals surface area contributed by atoms with Crippen molar-refractivity contribution in [3.8, 4) is 0 Å². The van der Waals surface area contributed by atoms with E-state index in [0.717, 1.165) is 10.9 Å². The summed E-state index contributed by atoms with van der Waals surface area (Å²) in [7, 11) is -7.97. The molecule has 2 unspecified atom stereocenters. The highest BCUT2D eigenvalue weighted by Gasteiger charge is 2.52. The Bertz CT molecular complexity index is 1850. The lowest BCUT2D eigenvalue weighted by Gasteiger charge is -2.24. The van der Waals surface area contributed by atoms with E-state index in [4.69, 9.17) is 39.6 Å². The number of anilines is 2. The van der Waals surface area contributed by atoms with E-state index in [1.165, 1.54) is 17.1 Å². The zero-order valence-corrected chi connectivity index (χ0v) is 24.4. The molecule has 6 rings (SSSR count). The van der Waals surface area contributed by atoms with Crippen LogP contribution in [-0.2, 0) is 32.4 Å². The highest BCUT2D eigenvalue weighted by atomic mass is 31.2. The molecule has 0 aromatic carbocycles. The van der Waals surface area contributed by atoms with E-state index in [9.17, 15) is 34.1 Å². The Morgan fingerprint density at radius 1 is 1.07 bits per heavy atom. The quantitative estimate of drug-likeness (QED) is 0.0825. The van der Waals surface area contributed by atoms with Crippen molar-refractivity contribution in [3.63, 3.8) is 0 Å². The van der Waals surface area contributed by atoms with E-state index in [-0.39, 0.29) is 22.9 Å². The Kier molecular flexibility index (Phi) is 8.41. The van der Waals surface area contributed by atoms with Crippen molar-refractivity contribution in [1.82, 2.24) is 34.1 Å². The second-order valence-corrected chi connectivity index (χ2v) is 12.3. The molecule has 0 bridgehead atoms. The molecule has 0 amide bonds. The minimum Gasteiger partial charge on any atom is -0.387 e. The van der Waals surface area contributed by atoms with E-state index in [1.807, 2.05) is 0 Å². The van der Waals surface area contributed by atoms with E-state index in [2.05, 4.69) is 24.9 Å². The molecule has 0 spiro atoms. The van der Waals surface area contributed by atoms with E-state index in [1.54, 1.807) is 6.07 Å². The molecule has 2 aliphatic rings. The lowest BCUT2D eigenvalue weighted by molar-refractivity contribution is -0.166. The van der Waals surface area contributed by atoms with E-state index >= 15 is 0 Å². The van der Waals surface area contributed by atoms with Gasteiger partial charge in [0.05, 0.1) is 18.3 Å². The first-order valence-electron chi connectivity index (χ1n) is 12.9. The van der Waals surface area contributed by atoms with Crippen molar-refractivity contribution in [1.29, 1.82) is 0 Å². The largest absolute Gasteiger partial charge is 0.534 e. The molecule has 10 N–H and O–H groups in total. The van der Waals surface area contributed by atoms with Gasteiger partial charge in [0.25, 0.3) is 11.9 Å². The zero-order valence-electron chi connectivity index (χ0n) is 22.6. The highest BCUT2D eigenvalue weighted by molar-refractivity contribution is 7.47. The van der Waals surface area contributed by atoms with Crippen molar-refractivity contribution < 1.29 is 57.5 Å². The van der Waals surface area contributed by atoms with Crippen LogP contribution in [0.5, 0.6) is 0 Å². The fraction of sp³-hybridized carbons (Fsp3) is 0.476. The molecule has 10 atom stereocenters. The third kappa shape index (κ3) is 5.94. The van der Waals surface area contributed by atoms with Gasteiger partial charge >= 0.3 is 15.9 Å². The van der Waals surface area contributed by atoms with Crippen LogP contribution in [0, 0.1) is 0 Å². The summed E-state index contributed by atoms with van der Waals surface area (Å²) in [5.74, 6) is -0.125. The van der Waals surface area contributed by atoms with Crippen LogP contribution >= 0.6 is 15.9 Å². The number of hydrogen-bond donors (Lipinski definition) is 8. The van der Waals surface area contributed by atoms with Gasteiger partial charge in [0, 0.05) is 6.20 Å². The fourth-order valence-corrected chi connectivity index (χ4v) is 6.21. The fourth-order valence-electron chi connectivity index (χ4n) is 5.01. The van der Waals surface area contributed by atoms with Gasteiger partial charge in [-0.1, -0.05) is 0 Å². The molecule has 2 saturated heterocycles. The lowest BCUT2D eigenvalue weighted by atomic mass is 10.1. The van der Waals surface area contributed by atoms with Gasteiger partial charge in [0.1, 0.15) is 48.3 Å². The molecule has 22 nitrogen and oxygen atoms in total. The molecular formula is C21H26N9O13P2+. The van der Waals surface area contributed by atoms with Crippen LogP contribution in [0.1, 0.15) is 12.5 Å². The average Bonchev–Trinajstić information content (AvgIpc) is 3.73. The Hall–Kier alpha value is -3.50. The normalized spacial score (nSPS) is 30.3. The van der Waals surface area contributed by atoms with Crippen molar-refractivity contribution in [3.05, 3.63) is 35.3 Å². The Balaban J connectivity index is 1.20. The molecule has 0 saturated carbocycles. The van der Waals surface area contributed by atoms with Crippen LogP contribution < -0.4 is 17.0 Å². The molecule has 45 heavy (non-hydrogen) atoms. The van der Waals surface area contributed by atoms with Gasteiger partial charge in [-0.3, -0.25) is 23.4 Å². The summed E-state index contributed by atoms with van der Waals surface area (Å²) in [5, 5.41) is 32.6. The Morgan fingerprint density at radius 2 is 1.84 bits per heavy atom. The molecule has 2 fully saturated rings. The number of ether oxygens (including phenoxy) is 3. The summed E-state index contributed by atoms with van der Waals surface area (Å²) < 4.78 is 53.5. The average molecular weight is 674 g/mol. The summed E-state index contributed by atoms with van der Waals surface area (Å²) in [6.45, 7) is -0.778. The van der Waals surface area contributed by atoms with Crippen molar-refractivity contribution in [2.75, 3.05) is 24.4 Å². The smallest absolute Gasteiger partial charge is 0.387 e. The standard InChI is InChI=1S/C21H25N9O13P2/c22-14-7-1-2-29(15(7)25-4-24-14)18-11(32)10(31)8(41-18)3-40-45(37,38)43-13-12(33)20(39-6-44(35)36)42-19(13)30-5-26-9-16(30)27-21(23)28-17(9)34/h1-2,4-5,8,10-13,18-20,31-33H,3,6H2,(H6-,22,23,24,25,27,28,34,35,36,37,38)/p+1/t8-,10+,11+,12-,13+,18-,19-,20+/m1/s1. The molecule has 4 aromatic heterocycles. The third-order valence-electron chi connectivity index (χ3n) is 7.05. The SMILES string of the molecule is Nc1nc2c(ncn2[C@@H]2O[C@H](OC[P+](=O)O)[C@H](O)[C@@H]2OP(=O)(O)OC[C@H]2O[C@@H](n3ccc4c(N)ncnc43)[C@@H](O)[C@H]2O)c(=O)[nH]1. The summed E-state index contributed by atoms with van der Waals surface area (Å²) in [6.07, 6.45) is -9.51. The van der Waals surface area contributed by atoms with Crippen LogP contribution in [0.15, 0.2) is 29.7 Å². The van der Waals surface area contributed by atoms with Gasteiger partial charge in [-0.05, 0) is 10.6 Å². The maximum absolute atomic E-state index is 13.1. The molecule has 6 heterocycles. The van der Waals surface area contributed by atoms with Gasteiger partial charge in [0.2, 0.25) is 5.95 Å². The molecule has 2 aliphatic heterocycles.